The minimum atomic E-state index is -3.51. The number of nitrogens with one attached hydrogen (secondary N) is 1. The summed E-state index contributed by atoms with van der Waals surface area (Å²) in [6, 6.07) is 14.2. The molecule has 1 amide bonds. The highest BCUT2D eigenvalue weighted by Gasteiger charge is 2.21. The van der Waals surface area contributed by atoms with Gasteiger partial charge in [-0.15, -0.1) is 0 Å². The number of ether oxygens (including phenoxy) is 1. The molecule has 1 N–H and O–H groups in total. The maximum absolute atomic E-state index is 12.9. The summed E-state index contributed by atoms with van der Waals surface area (Å²) in [5.74, 6) is 0.782. The summed E-state index contributed by atoms with van der Waals surface area (Å²) in [5.41, 5.74) is 1.72. The van der Waals surface area contributed by atoms with Crippen LogP contribution in [0.5, 0.6) is 5.75 Å². The maximum atomic E-state index is 12.9. The fourth-order valence-corrected chi connectivity index (χ4v) is 4.59. The number of rotatable bonds is 7. The molecule has 1 saturated heterocycles. The van der Waals surface area contributed by atoms with Crippen LogP contribution in [0, 0.1) is 0 Å². The van der Waals surface area contributed by atoms with Crippen LogP contribution in [0.25, 0.3) is 0 Å². The third-order valence-corrected chi connectivity index (χ3v) is 6.75. The first kappa shape index (κ1) is 22.3. The van der Waals surface area contributed by atoms with Crippen molar-refractivity contribution in [3.05, 3.63) is 59.7 Å². The Kier molecular flexibility index (Phi) is 7.47. The lowest BCUT2D eigenvalue weighted by Gasteiger charge is -2.22. The average molecular weight is 432 g/mol. The first-order valence-electron chi connectivity index (χ1n) is 10.2. The van der Waals surface area contributed by atoms with E-state index < -0.39 is 10.0 Å². The largest absolute Gasteiger partial charge is 0.497 e. The molecule has 8 heteroatoms. The van der Waals surface area contributed by atoms with E-state index in [4.69, 9.17) is 4.74 Å². The molecule has 0 atom stereocenters. The van der Waals surface area contributed by atoms with Crippen LogP contribution in [0.4, 0.5) is 0 Å². The minimum absolute atomic E-state index is 0.0614. The lowest BCUT2D eigenvalue weighted by Crippen LogP contribution is -2.35. The topological polar surface area (TPSA) is 79.0 Å². The van der Waals surface area contributed by atoms with Gasteiger partial charge < -0.3 is 9.64 Å². The molecular weight excluding hydrogens is 402 g/mol. The monoisotopic (exact) mass is 431 g/mol. The molecule has 0 radical (unpaired) electrons. The quantitative estimate of drug-likeness (QED) is 0.728. The Morgan fingerprint density at radius 2 is 1.70 bits per heavy atom. The predicted molar refractivity (Wildman–Crippen MR) is 116 cm³/mol. The standard InChI is InChI=1S/C22H29N3O4S/c1-3-23-30(27,28)21-11-7-19(8-12-21)22(26)25-14-4-13-24(15-16-25)17-18-5-9-20(29-2)10-6-18/h5-12,23H,3-4,13-17H2,1-2H3. The Bertz CT molecular complexity index is 943. The molecule has 7 nitrogen and oxygen atoms in total. The van der Waals surface area contributed by atoms with Gasteiger partial charge in [0.1, 0.15) is 5.75 Å². The highest BCUT2D eigenvalue weighted by atomic mass is 32.2. The zero-order valence-electron chi connectivity index (χ0n) is 17.5. The zero-order valence-corrected chi connectivity index (χ0v) is 18.3. The van der Waals surface area contributed by atoms with Crippen molar-refractivity contribution in [3.63, 3.8) is 0 Å². The summed E-state index contributed by atoms with van der Waals surface area (Å²) in [7, 11) is -1.86. The van der Waals surface area contributed by atoms with Crippen LogP contribution in [-0.2, 0) is 16.6 Å². The molecule has 162 valence electrons. The van der Waals surface area contributed by atoms with Crippen molar-refractivity contribution in [3.8, 4) is 5.75 Å². The van der Waals surface area contributed by atoms with Crippen molar-refractivity contribution in [2.75, 3.05) is 39.8 Å². The third kappa shape index (κ3) is 5.59. The first-order valence-corrected chi connectivity index (χ1v) is 11.7. The molecule has 0 unspecified atom stereocenters. The van der Waals surface area contributed by atoms with E-state index in [0.717, 1.165) is 31.8 Å². The van der Waals surface area contributed by atoms with E-state index >= 15 is 0 Å². The van der Waals surface area contributed by atoms with Crippen LogP contribution < -0.4 is 9.46 Å². The van der Waals surface area contributed by atoms with Gasteiger partial charge >= 0.3 is 0 Å². The molecule has 0 spiro atoms. The highest BCUT2D eigenvalue weighted by Crippen LogP contribution is 2.16. The van der Waals surface area contributed by atoms with Crippen LogP contribution in [-0.4, -0.2) is 64.0 Å². The Morgan fingerprint density at radius 3 is 2.33 bits per heavy atom. The molecule has 30 heavy (non-hydrogen) atoms. The van der Waals surface area contributed by atoms with E-state index in [0.29, 0.717) is 25.2 Å². The Morgan fingerprint density at radius 1 is 1.00 bits per heavy atom. The molecule has 0 bridgehead atoms. The van der Waals surface area contributed by atoms with Gasteiger partial charge in [0.25, 0.3) is 5.91 Å². The smallest absolute Gasteiger partial charge is 0.253 e. The Balaban J connectivity index is 1.59. The van der Waals surface area contributed by atoms with Crippen LogP contribution in [0.3, 0.4) is 0 Å². The van der Waals surface area contributed by atoms with Gasteiger partial charge in [0.05, 0.1) is 12.0 Å². The van der Waals surface area contributed by atoms with Crippen LogP contribution in [0.2, 0.25) is 0 Å². The van der Waals surface area contributed by atoms with Crippen molar-refractivity contribution < 1.29 is 17.9 Å². The number of hydrogen-bond donors (Lipinski definition) is 1. The highest BCUT2D eigenvalue weighted by molar-refractivity contribution is 7.89. The van der Waals surface area contributed by atoms with Gasteiger partial charge in [-0.2, -0.15) is 0 Å². The number of nitrogens with zero attached hydrogens (tertiary/aromatic N) is 2. The molecule has 2 aromatic carbocycles. The van der Waals surface area contributed by atoms with E-state index in [1.54, 1.807) is 26.2 Å². The summed E-state index contributed by atoms with van der Waals surface area (Å²) >= 11 is 0. The van der Waals surface area contributed by atoms with E-state index in [1.165, 1.54) is 17.7 Å². The maximum Gasteiger partial charge on any atom is 0.253 e. The van der Waals surface area contributed by atoms with E-state index in [-0.39, 0.29) is 10.8 Å². The average Bonchev–Trinajstić information content (AvgIpc) is 2.99. The summed E-state index contributed by atoms with van der Waals surface area (Å²) in [6.45, 7) is 5.95. The number of sulfonamides is 1. The molecule has 1 aliphatic heterocycles. The van der Waals surface area contributed by atoms with E-state index in [1.807, 2.05) is 17.0 Å². The fourth-order valence-electron chi connectivity index (χ4n) is 3.55. The number of hydrogen-bond acceptors (Lipinski definition) is 5. The van der Waals surface area contributed by atoms with Gasteiger partial charge in [-0.1, -0.05) is 19.1 Å². The molecule has 3 rings (SSSR count). The van der Waals surface area contributed by atoms with E-state index in [9.17, 15) is 13.2 Å². The van der Waals surface area contributed by atoms with Gasteiger partial charge in [-0.25, -0.2) is 13.1 Å². The van der Waals surface area contributed by atoms with E-state index in [2.05, 4.69) is 21.8 Å². The normalized spacial score (nSPS) is 15.6. The summed E-state index contributed by atoms with van der Waals surface area (Å²) in [6.07, 6.45) is 0.898. The second kappa shape index (κ2) is 10.1. The summed E-state index contributed by atoms with van der Waals surface area (Å²) in [4.78, 5) is 17.3. The van der Waals surface area contributed by atoms with Gasteiger partial charge in [-0.05, 0) is 48.4 Å². The zero-order chi connectivity index (χ0) is 21.6. The van der Waals surface area contributed by atoms with Crippen LogP contribution >= 0.6 is 0 Å². The van der Waals surface area contributed by atoms with Gasteiger partial charge in [0.15, 0.2) is 0 Å². The number of carbonyl (C=O) groups is 1. The Hall–Kier alpha value is -2.42. The van der Waals surface area contributed by atoms with Gasteiger partial charge in [0.2, 0.25) is 10.0 Å². The fraction of sp³-hybridized carbons (Fsp3) is 0.409. The molecule has 0 saturated carbocycles. The van der Waals surface area contributed by atoms with Crippen LogP contribution in [0.1, 0.15) is 29.3 Å². The number of carbonyl (C=O) groups excluding carboxylic acids is 1. The molecule has 2 aromatic rings. The molecule has 1 aliphatic rings. The SMILES string of the molecule is CCNS(=O)(=O)c1ccc(C(=O)N2CCCN(Cc3ccc(OC)cc3)CC2)cc1. The second-order valence-corrected chi connectivity index (χ2v) is 9.06. The molecular formula is C22H29N3O4S. The lowest BCUT2D eigenvalue weighted by molar-refractivity contribution is 0.0761. The number of benzene rings is 2. The lowest BCUT2D eigenvalue weighted by atomic mass is 10.2. The number of methoxy groups -OCH3 is 1. The summed E-state index contributed by atoms with van der Waals surface area (Å²) < 4.78 is 31.8. The van der Waals surface area contributed by atoms with Crippen molar-refractivity contribution in [1.82, 2.24) is 14.5 Å². The van der Waals surface area contributed by atoms with Crippen molar-refractivity contribution in [1.29, 1.82) is 0 Å². The second-order valence-electron chi connectivity index (χ2n) is 7.30. The Labute approximate surface area is 178 Å². The third-order valence-electron chi connectivity index (χ3n) is 5.19. The van der Waals surface area contributed by atoms with Crippen molar-refractivity contribution >= 4 is 15.9 Å². The molecule has 0 aromatic heterocycles. The van der Waals surface area contributed by atoms with Crippen LogP contribution in [0.15, 0.2) is 53.4 Å². The number of amides is 1. The van der Waals surface area contributed by atoms with Gasteiger partial charge in [-0.3, -0.25) is 9.69 Å². The first-order chi connectivity index (χ1) is 14.4. The van der Waals surface area contributed by atoms with Gasteiger partial charge in [0, 0.05) is 44.8 Å². The molecule has 1 heterocycles. The minimum Gasteiger partial charge on any atom is -0.497 e. The predicted octanol–water partition coefficient (Wildman–Crippen LogP) is 2.34. The summed E-state index contributed by atoms with van der Waals surface area (Å²) in [5, 5.41) is 0. The molecule has 1 fully saturated rings. The van der Waals surface area contributed by atoms with Crippen molar-refractivity contribution in [2.24, 2.45) is 0 Å². The molecule has 0 aliphatic carbocycles. The van der Waals surface area contributed by atoms with Crippen molar-refractivity contribution in [2.45, 2.75) is 24.8 Å².